The van der Waals surface area contributed by atoms with Gasteiger partial charge >= 0.3 is 0 Å². The number of hydrogen-bond donors (Lipinski definition) is 0. The Morgan fingerprint density at radius 3 is 1.78 bits per heavy atom. The molecule has 0 radical (unpaired) electrons. The molecule has 5 aromatic rings. The van der Waals surface area contributed by atoms with Crippen LogP contribution in [0.4, 0.5) is 0 Å². The predicted molar refractivity (Wildman–Crippen MR) is 111 cm³/mol. The molecule has 0 aliphatic rings. The molecule has 3 aromatic heterocycles. The summed E-state index contributed by atoms with van der Waals surface area (Å²) in [6, 6.07) is 21.5. The minimum Gasteiger partial charge on any atom is -0.350 e. The molecular weight excluding hydrogens is 330 g/mol. The summed E-state index contributed by atoms with van der Waals surface area (Å²) in [5.41, 5.74) is 6.35. The first-order valence-electron chi connectivity index (χ1n) is 9.22. The van der Waals surface area contributed by atoms with Gasteiger partial charge in [-0.15, -0.1) is 0 Å². The number of aromatic nitrogens is 3. The van der Waals surface area contributed by atoms with Crippen LogP contribution in [0.15, 0.2) is 85.5 Å². The number of hydrogen-bond acceptors (Lipinski definition) is 1. The van der Waals surface area contributed by atoms with Gasteiger partial charge < -0.3 is 9.13 Å². The van der Waals surface area contributed by atoms with E-state index in [1.165, 1.54) is 38.5 Å². The third-order valence-electron chi connectivity index (χ3n) is 5.50. The average Bonchev–Trinajstić information content (AvgIpc) is 3.22. The van der Waals surface area contributed by atoms with E-state index in [0.717, 1.165) is 0 Å². The molecule has 27 heavy (non-hydrogen) atoms. The Morgan fingerprint density at radius 2 is 1.26 bits per heavy atom. The first kappa shape index (κ1) is 15.9. The SMILES string of the molecule is Cn1cc(C(c2cccnc2)c2cn(C)c3ccccc23)c2ccccc21. The van der Waals surface area contributed by atoms with Crippen molar-refractivity contribution in [3.8, 4) is 0 Å². The Bertz CT molecular complexity index is 1160. The summed E-state index contributed by atoms with van der Waals surface area (Å²) in [5, 5.41) is 2.59. The highest BCUT2D eigenvalue weighted by Crippen LogP contribution is 2.40. The summed E-state index contributed by atoms with van der Waals surface area (Å²) in [5.74, 6) is 0.135. The second-order valence-corrected chi connectivity index (χ2v) is 7.14. The Hall–Kier alpha value is -3.33. The van der Waals surface area contributed by atoms with Gasteiger partial charge in [-0.2, -0.15) is 0 Å². The second kappa shape index (κ2) is 6.13. The number of fused-ring (bicyclic) bond motifs is 2. The van der Waals surface area contributed by atoms with Crippen LogP contribution in [-0.4, -0.2) is 14.1 Å². The summed E-state index contributed by atoms with van der Waals surface area (Å²) < 4.78 is 4.44. The molecule has 132 valence electrons. The van der Waals surface area contributed by atoms with Crippen molar-refractivity contribution in [3.05, 3.63) is 102 Å². The second-order valence-electron chi connectivity index (χ2n) is 7.14. The summed E-state index contributed by atoms with van der Waals surface area (Å²) in [7, 11) is 4.24. The van der Waals surface area contributed by atoms with Crippen LogP contribution in [0.25, 0.3) is 21.8 Å². The van der Waals surface area contributed by atoms with Crippen molar-refractivity contribution in [1.29, 1.82) is 0 Å². The average molecular weight is 351 g/mol. The lowest BCUT2D eigenvalue weighted by Gasteiger charge is -2.17. The third kappa shape index (κ3) is 2.47. The minimum absolute atomic E-state index is 0.135. The fourth-order valence-corrected chi connectivity index (χ4v) is 4.28. The van der Waals surface area contributed by atoms with Crippen molar-refractivity contribution in [3.63, 3.8) is 0 Å². The highest BCUT2D eigenvalue weighted by molar-refractivity contribution is 5.89. The monoisotopic (exact) mass is 351 g/mol. The molecule has 0 aliphatic heterocycles. The first-order valence-corrected chi connectivity index (χ1v) is 9.22. The first-order chi connectivity index (χ1) is 13.2. The van der Waals surface area contributed by atoms with Crippen LogP contribution in [0.3, 0.4) is 0 Å². The van der Waals surface area contributed by atoms with Crippen molar-refractivity contribution in [2.45, 2.75) is 5.92 Å². The summed E-state index contributed by atoms with van der Waals surface area (Å²) >= 11 is 0. The van der Waals surface area contributed by atoms with Crippen LogP contribution in [-0.2, 0) is 14.1 Å². The van der Waals surface area contributed by atoms with Crippen molar-refractivity contribution >= 4 is 21.8 Å². The van der Waals surface area contributed by atoms with Gasteiger partial charge in [0, 0.05) is 66.6 Å². The Morgan fingerprint density at radius 1 is 0.704 bits per heavy atom. The number of pyridine rings is 1. The molecule has 3 heteroatoms. The largest absolute Gasteiger partial charge is 0.350 e. The Labute approximate surface area is 158 Å². The van der Waals surface area contributed by atoms with E-state index in [9.17, 15) is 0 Å². The topological polar surface area (TPSA) is 22.8 Å². The molecule has 0 fully saturated rings. The number of aryl methyl sites for hydroxylation is 2. The maximum absolute atomic E-state index is 4.42. The van der Waals surface area contributed by atoms with Crippen molar-refractivity contribution < 1.29 is 0 Å². The lowest BCUT2D eigenvalue weighted by atomic mass is 9.85. The molecule has 0 atom stereocenters. The molecule has 0 amide bonds. The van der Waals surface area contributed by atoms with E-state index in [-0.39, 0.29) is 5.92 Å². The highest BCUT2D eigenvalue weighted by atomic mass is 14.9. The van der Waals surface area contributed by atoms with Gasteiger partial charge in [0.15, 0.2) is 0 Å². The molecule has 0 bridgehead atoms. The maximum atomic E-state index is 4.42. The number of para-hydroxylation sites is 2. The lowest BCUT2D eigenvalue weighted by molar-refractivity contribution is 0.908. The molecule has 0 N–H and O–H groups in total. The van der Waals surface area contributed by atoms with E-state index in [1.807, 2.05) is 18.5 Å². The molecule has 0 saturated heterocycles. The van der Waals surface area contributed by atoms with Gasteiger partial charge in [0.05, 0.1) is 0 Å². The van der Waals surface area contributed by atoms with Gasteiger partial charge in [-0.05, 0) is 34.9 Å². The van der Waals surface area contributed by atoms with Crippen molar-refractivity contribution in [2.75, 3.05) is 0 Å². The third-order valence-corrected chi connectivity index (χ3v) is 5.50. The van der Waals surface area contributed by atoms with E-state index in [2.05, 4.69) is 95.2 Å². The Balaban J connectivity index is 1.85. The van der Waals surface area contributed by atoms with Crippen LogP contribution in [0.5, 0.6) is 0 Å². The molecule has 3 heterocycles. The zero-order chi connectivity index (χ0) is 18.4. The number of benzene rings is 2. The van der Waals surface area contributed by atoms with Gasteiger partial charge in [0.2, 0.25) is 0 Å². The lowest BCUT2D eigenvalue weighted by Crippen LogP contribution is -2.03. The molecule has 0 saturated carbocycles. The van der Waals surface area contributed by atoms with E-state index in [1.54, 1.807) is 0 Å². The normalized spacial score (nSPS) is 11.7. The minimum atomic E-state index is 0.135. The molecule has 5 rings (SSSR count). The van der Waals surface area contributed by atoms with Gasteiger partial charge in [-0.25, -0.2) is 0 Å². The summed E-state index contributed by atoms with van der Waals surface area (Å²) in [4.78, 5) is 4.42. The highest BCUT2D eigenvalue weighted by Gasteiger charge is 2.24. The number of nitrogens with zero attached hydrogens (tertiary/aromatic N) is 3. The summed E-state index contributed by atoms with van der Waals surface area (Å²) in [6.07, 6.45) is 8.37. The van der Waals surface area contributed by atoms with Gasteiger partial charge in [0.1, 0.15) is 0 Å². The van der Waals surface area contributed by atoms with E-state index < -0.39 is 0 Å². The summed E-state index contributed by atoms with van der Waals surface area (Å²) in [6.45, 7) is 0. The van der Waals surface area contributed by atoms with Crippen LogP contribution in [0.1, 0.15) is 22.6 Å². The van der Waals surface area contributed by atoms with E-state index >= 15 is 0 Å². The van der Waals surface area contributed by atoms with Crippen LogP contribution >= 0.6 is 0 Å². The molecule has 2 aromatic carbocycles. The molecule has 0 unspecified atom stereocenters. The van der Waals surface area contributed by atoms with Gasteiger partial charge in [-0.3, -0.25) is 4.98 Å². The fourth-order valence-electron chi connectivity index (χ4n) is 4.28. The Kier molecular flexibility index (Phi) is 3.61. The predicted octanol–water partition coefficient (Wildman–Crippen LogP) is 5.25. The smallest absolute Gasteiger partial charge is 0.0480 e. The molecular formula is C24H21N3. The zero-order valence-electron chi connectivity index (χ0n) is 15.5. The van der Waals surface area contributed by atoms with E-state index in [0.29, 0.717) is 0 Å². The van der Waals surface area contributed by atoms with Crippen LogP contribution in [0, 0.1) is 0 Å². The standard InChI is InChI=1S/C24H21N3/c1-26-15-20(18-9-3-5-11-22(18)26)24(17-8-7-13-25-14-17)21-16-27(2)23-12-6-4-10-19(21)23/h3-16,24H,1-2H3. The molecule has 0 aliphatic carbocycles. The van der Waals surface area contributed by atoms with Gasteiger partial charge in [-0.1, -0.05) is 42.5 Å². The zero-order valence-corrected chi connectivity index (χ0v) is 15.5. The molecule has 3 nitrogen and oxygen atoms in total. The van der Waals surface area contributed by atoms with Crippen LogP contribution in [0.2, 0.25) is 0 Å². The van der Waals surface area contributed by atoms with Crippen molar-refractivity contribution in [2.24, 2.45) is 14.1 Å². The quantitative estimate of drug-likeness (QED) is 0.435. The van der Waals surface area contributed by atoms with Gasteiger partial charge in [0.25, 0.3) is 0 Å². The van der Waals surface area contributed by atoms with Crippen LogP contribution < -0.4 is 0 Å². The fraction of sp³-hybridized carbons (Fsp3) is 0.125. The van der Waals surface area contributed by atoms with E-state index in [4.69, 9.17) is 0 Å². The number of rotatable bonds is 3. The maximum Gasteiger partial charge on any atom is 0.0480 e. The van der Waals surface area contributed by atoms with Crippen molar-refractivity contribution in [1.82, 2.24) is 14.1 Å². The molecule has 0 spiro atoms.